The summed E-state index contributed by atoms with van der Waals surface area (Å²) in [7, 11) is 0. The third kappa shape index (κ3) is 6.97. The van der Waals surface area contributed by atoms with E-state index in [1.807, 2.05) is 77.4 Å². The minimum absolute atomic E-state index is 0. The number of nitrogens with zero attached hydrogens (tertiary/aromatic N) is 5. The molecule has 0 unspecified atom stereocenters. The van der Waals surface area contributed by atoms with Crippen LogP contribution in [-0.4, -0.2) is 35.4 Å². The number of allylic oxidation sites excluding steroid dienone is 2. The fraction of sp³-hybridized carbons (Fsp3) is 0.0408. The zero-order valence-corrected chi connectivity index (χ0v) is 33.1. The van der Waals surface area contributed by atoms with Gasteiger partial charge in [0.15, 0.2) is 5.78 Å². The summed E-state index contributed by atoms with van der Waals surface area (Å²) >= 11 is 0. The van der Waals surface area contributed by atoms with Crippen LogP contribution in [0.15, 0.2) is 170 Å². The summed E-state index contributed by atoms with van der Waals surface area (Å²) in [6.45, 7) is 1.73. The van der Waals surface area contributed by atoms with E-state index in [4.69, 9.17) is 0 Å². The Bertz CT molecular complexity index is 2650. The van der Waals surface area contributed by atoms with Gasteiger partial charge in [0.25, 0.3) is 0 Å². The number of hydrogen-bond acceptors (Lipinski definition) is 6. The molecule has 57 heavy (non-hydrogen) atoms. The monoisotopic (exact) mass is 916 g/mol. The SMILES string of the molecule is C/C(O)=C/C(=O)Cn1c2ccccc2c2ccccc21.[Ir].[c-]1cccc2c1c1nccnc1c1ccccc21.[c-]1cccc2c1c1nccnc1c1ccccc21. The number of aliphatic hydroxyl groups is 1. The van der Waals surface area contributed by atoms with E-state index in [9.17, 15) is 9.90 Å². The fourth-order valence-electron chi connectivity index (χ4n) is 7.61. The molecule has 11 rings (SSSR count). The number of para-hydroxylation sites is 2. The summed E-state index contributed by atoms with van der Waals surface area (Å²) in [6.07, 6.45) is 8.21. The summed E-state index contributed by atoms with van der Waals surface area (Å²) < 4.78 is 1.99. The molecule has 0 fully saturated rings. The molecule has 0 spiro atoms. The van der Waals surface area contributed by atoms with Crippen LogP contribution in [0.3, 0.4) is 0 Å². The first kappa shape index (κ1) is 37.1. The van der Waals surface area contributed by atoms with Gasteiger partial charge in [0.1, 0.15) is 0 Å². The number of hydrogen-bond donors (Lipinski definition) is 1. The minimum atomic E-state index is -0.114. The first-order valence-corrected chi connectivity index (χ1v) is 18.3. The quantitative estimate of drug-likeness (QED) is 0.0821. The van der Waals surface area contributed by atoms with Crippen LogP contribution in [0.5, 0.6) is 0 Å². The molecule has 0 aliphatic heterocycles. The summed E-state index contributed by atoms with van der Waals surface area (Å²) in [4.78, 5) is 29.8. The maximum Gasteiger partial charge on any atom is 0.178 e. The Hall–Kier alpha value is -6.86. The molecule has 277 valence electrons. The second-order valence-corrected chi connectivity index (χ2v) is 13.4. The van der Waals surface area contributed by atoms with Gasteiger partial charge in [0.2, 0.25) is 0 Å². The molecule has 0 atom stereocenters. The first-order chi connectivity index (χ1) is 27.6. The molecule has 7 nitrogen and oxygen atoms in total. The third-order valence-electron chi connectivity index (χ3n) is 9.89. The van der Waals surface area contributed by atoms with E-state index in [-0.39, 0.29) is 38.2 Å². The normalized spacial score (nSPS) is 11.4. The third-order valence-corrected chi connectivity index (χ3v) is 9.89. The number of ketones is 1. The number of carbonyl (C=O) groups is 1. The molecule has 8 aromatic carbocycles. The largest absolute Gasteiger partial charge is 0.512 e. The van der Waals surface area contributed by atoms with E-state index in [0.717, 1.165) is 65.4 Å². The molecule has 0 aliphatic rings. The zero-order chi connectivity index (χ0) is 38.0. The van der Waals surface area contributed by atoms with Gasteiger partial charge in [-0.15, -0.1) is 59.3 Å². The molecule has 1 radical (unpaired) electrons. The van der Waals surface area contributed by atoms with Crippen molar-refractivity contribution in [1.29, 1.82) is 0 Å². The second kappa shape index (κ2) is 16.1. The van der Waals surface area contributed by atoms with Crippen LogP contribution in [0.1, 0.15) is 6.92 Å². The van der Waals surface area contributed by atoms with Gasteiger partial charge in [-0.2, -0.15) is 0 Å². The smallest absolute Gasteiger partial charge is 0.178 e. The van der Waals surface area contributed by atoms with E-state index in [1.54, 1.807) is 24.8 Å². The molecule has 0 aliphatic carbocycles. The average Bonchev–Trinajstić information content (AvgIpc) is 3.57. The number of carbonyl (C=O) groups excluding carboxylic acids is 1. The molecule has 3 heterocycles. The Labute approximate surface area is 341 Å². The Kier molecular flexibility index (Phi) is 10.5. The Balaban J connectivity index is 0.000000119. The molecular formula is C49H33IrN5O2-2. The van der Waals surface area contributed by atoms with Crippen molar-refractivity contribution in [2.75, 3.05) is 0 Å². The van der Waals surface area contributed by atoms with Crippen molar-refractivity contribution in [3.8, 4) is 0 Å². The molecule has 11 aromatic rings. The fourth-order valence-corrected chi connectivity index (χ4v) is 7.61. The van der Waals surface area contributed by atoms with Crippen LogP contribution in [-0.2, 0) is 31.4 Å². The van der Waals surface area contributed by atoms with E-state index in [1.165, 1.54) is 34.5 Å². The van der Waals surface area contributed by atoms with Gasteiger partial charge in [0, 0.05) is 83.8 Å². The van der Waals surface area contributed by atoms with Gasteiger partial charge >= 0.3 is 0 Å². The van der Waals surface area contributed by atoms with Gasteiger partial charge in [-0.3, -0.25) is 14.8 Å². The van der Waals surface area contributed by atoms with Crippen molar-refractivity contribution in [1.82, 2.24) is 24.5 Å². The van der Waals surface area contributed by atoms with Crippen LogP contribution >= 0.6 is 0 Å². The molecular weight excluding hydrogens is 883 g/mol. The van der Waals surface area contributed by atoms with Crippen LogP contribution in [0, 0.1) is 12.1 Å². The maximum absolute atomic E-state index is 12.0. The van der Waals surface area contributed by atoms with E-state index >= 15 is 0 Å². The summed E-state index contributed by atoms with van der Waals surface area (Å²) in [5.74, 6) is -0.0766. The second-order valence-electron chi connectivity index (χ2n) is 13.4. The number of aromatic nitrogens is 5. The van der Waals surface area contributed by atoms with E-state index in [2.05, 4.69) is 92.7 Å². The molecule has 0 bridgehead atoms. The zero-order valence-electron chi connectivity index (χ0n) is 30.7. The van der Waals surface area contributed by atoms with Crippen LogP contribution in [0.25, 0.3) is 87.0 Å². The number of benzene rings is 8. The minimum Gasteiger partial charge on any atom is -0.512 e. The predicted molar refractivity (Wildman–Crippen MR) is 228 cm³/mol. The van der Waals surface area contributed by atoms with Crippen molar-refractivity contribution < 1.29 is 30.0 Å². The first-order valence-electron chi connectivity index (χ1n) is 18.3. The molecule has 8 heteroatoms. The number of aliphatic hydroxyl groups excluding tert-OH is 1. The average molecular weight is 916 g/mol. The summed E-state index contributed by atoms with van der Waals surface area (Å²) in [6, 6.07) is 51.4. The van der Waals surface area contributed by atoms with Gasteiger partial charge in [-0.1, -0.05) is 106 Å². The van der Waals surface area contributed by atoms with Crippen molar-refractivity contribution in [2.45, 2.75) is 13.5 Å². The van der Waals surface area contributed by atoms with Crippen molar-refractivity contribution in [2.24, 2.45) is 0 Å². The van der Waals surface area contributed by atoms with E-state index in [0.29, 0.717) is 0 Å². The molecule has 3 aromatic heterocycles. The van der Waals surface area contributed by atoms with Crippen molar-refractivity contribution in [3.05, 3.63) is 182 Å². The molecule has 0 saturated heterocycles. The van der Waals surface area contributed by atoms with Gasteiger partial charge in [-0.25, -0.2) is 0 Å². The van der Waals surface area contributed by atoms with Gasteiger partial charge in [0.05, 0.1) is 23.3 Å². The van der Waals surface area contributed by atoms with Crippen LogP contribution < -0.4 is 0 Å². The number of rotatable bonds is 3. The van der Waals surface area contributed by atoms with Crippen molar-refractivity contribution in [3.63, 3.8) is 0 Å². The Morgan fingerprint density at radius 1 is 0.526 bits per heavy atom. The Morgan fingerprint density at radius 2 is 0.895 bits per heavy atom. The standard InChI is InChI=1S/C17H15NO2.2C16H9N2.Ir/c1-12(19)10-13(20)11-18-16-8-4-2-6-14(16)15-7-3-5-9-17(15)18;2*1-3-7-13-11(5-1)12-6-2-4-8-14(12)16-15(13)17-9-10-18-16;/h2-10,19H,11H2,1H3;2*1-7,9-10H;/q;2*-1;/b12-10-;;;. The van der Waals surface area contributed by atoms with Gasteiger partial charge in [-0.05, 0) is 29.8 Å². The van der Waals surface area contributed by atoms with Crippen LogP contribution in [0.4, 0.5) is 0 Å². The molecule has 0 saturated carbocycles. The summed E-state index contributed by atoms with van der Waals surface area (Å²) in [5, 5.41) is 20.6. The Morgan fingerprint density at radius 3 is 1.33 bits per heavy atom. The van der Waals surface area contributed by atoms with Gasteiger partial charge < -0.3 is 19.6 Å². The van der Waals surface area contributed by atoms with E-state index < -0.39 is 0 Å². The molecule has 0 amide bonds. The molecule has 1 N–H and O–H groups in total. The topological polar surface area (TPSA) is 93.8 Å². The predicted octanol–water partition coefficient (Wildman–Crippen LogP) is 11.3. The maximum atomic E-state index is 12.0. The summed E-state index contributed by atoms with van der Waals surface area (Å²) in [5.41, 5.74) is 5.81. The number of fused-ring (bicyclic) bond motifs is 15. The van der Waals surface area contributed by atoms with Crippen LogP contribution in [0.2, 0.25) is 0 Å². The van der Waals surface area contributed by atoms with Crippen molar-refractivity contribution >= 4 is 92.7 Å².